The van der Waals surface area contributed by atoms with Crippen LogP contribution in [0.1, 0.15) is 34.0 Å². The summed E-state index contributed by atoms with van der Waals surface area (Å²) in [6.07, 6.45) is -7.59. The number of carbonyl (C=O) groups is 1. The Morgan fingerprint density at radius 2 is 1.89 bits per heavy atom. The Morgan fingerprint density at radius 3 is 2.47 bits per heavy atom. The van der Waals surface area contributed by atoms with Gasteiger partial charge in [0.1, 0.15) is 11.6 Å². The van der Waals surface area contributed by atoms with Crippen LogP contribution in [0.3, 0.4) is 0 Å². The topological polar surface area (TPSA) is 47.6 Å². The summed E-state index contributed by atoms with van der Waals surface area (Å²) in [5.41, 5.74) is -0.584. The lowest BCUT2D eigenvalue weighted by atomic mass is 9.62. The number of halogens is 6. The molecule has 0 spiro atoms. The monoisotopic (exact) mass is 502 g/mol. The lowest BCUT2D eigenvalue weighted by Gasteiger charge is -2.37. The van der Waals surface area contributed by atoms with Crippen molar-refractivity contribution in [3.63, 3.8) is 0 Å². The number of alkyl halides is 5. The SMILES string of the molecule is [B]C([B])(C)N1C(=C)N(CC(F)F)c2cc(NC(=C)c3cc(F)cc(C(F)(F)F)c3)c3c(c21)C(=O)NC3. The molecule has 0 atom stereocenters. The Hall–Kier alpha value is -3.50. The highest BCUT2D eigenvalue weighted by Gasteiger charge is 2.43. The Morgan fingerprint density at radius 1 is 1.22 bits per heavy atom. The van der Waals surface area contributed by atoms with Crippen molar-refractivity contribution in [3.05, 3.63) is 71.3 Å². The van der Waals surface area contributed by atoms with Crippen LogP contribution in [-0.4, -0.2) is 39.9 Å². The van der Waals surface area contributed by atoms with Crippen LogP contribution in [0.25, 0.3) is 5.70 Å². The largest absolute Gasteiger partial charge is 0.416 e. The Bertz CT molecular complexity index is 1290. The molecule has 0 fully saturated rings. The maximum atomic E-state index is 13.9. The van der Waals surface area contributed by atoms with Crippen LogP contribution in [0.4, 0.5) is 43.4 Å². The number of hydrogen-bond acceptors (Lipinski definition) is 4. The van der Waals surface area contributed by atoms with Crippen LogP contribution >= 0.6 is 0 Å². The predicted molar refractivity (Wildman–Crippen MR) is 127 cm³/mol. The number of nitrogens with zero attached hydrogens (tertiary/aromatic N) is 2. The molecular formula is C23H18B2F6N4O. The summed E-state index contributed by atoms with van der Waals surface area (Å²) >= 11 is 0. The number of hydrogen-bond donors (Lipinski definition) is 2. The first-order valence-corrected chi connectivity index (χ1v) is 10.5. The second-order valence-corrected chi connectivity index (χ2v) is 8.64. The van der Waals surface area contributed by atoms with Crippen molar-refractivity contribution in [2.45, 2.75) is 31.4 Å². The smallest absolute Gasteiger partial charge is 0.355 e. The summed E-state index contributed by atoms with van der Waals surface area (Å²) in [5.74, 6) is -1.66. The van der Waals surface area contributed by atoms with E-state index in [-0.39, 0.29) is 46.3 Å². The van der Waals surface area contributed by atoms with Crippen LogP contribution in [-0.2, 0) is 12.7 Å². The van der Waals surface area contributed by atoms with Crippen LogP contribution in [0.5, 0.6) is 0 Å². The molecule has 0 aromatic heterocycles. The van der Waals surface area contributed by atoms with Crippen molar-refractivity contribution in [1.82, 2.24) is 5.32 Å². The quantitative estimate of drug-likeness (QED) is 0.450. The van der Waals surface area contributed by atoms with E-state index in [2.05, 4.69) is 23.8 Å². The molecule has 2 N–H and O–H groups in total. The molecule has 5 nitrogen and oxygen atoms in total. The number of nitrogens with one attached hydrogen (secondary N) is 2. The lowest BCUT2D eigenvalue weighted by Crippen LogP contribution is -2.48. The Balaban J connectivity index is 1.84. The van der Waals surface area contributed by atoms with E-state index in [9.17, 15) is 31.1 Å². The number of rotatable bonds is 6. The maximum absolute atomic E-state index is 13.9. The van der Waals surface area contributed by atoms with E-state index in [1.807, 2.05) is 0 Å². The molecule has 2 aliphatic heterocycles. The molecule has 184 valence electrons. The average molecular weight is 502 g/mol. The second kappa shape index (κ2) is 8.56. The molecule has 0 aliphatic carbocycles. The standard InChI is InChI=1S/C23H18B2F6N4O/c1-10(12-4-13(23(29,30)31)6-14(26)5-12)33-16-7-17-20(19-15(16)8-32-21(19)36)35(22(3,24)25)11(2)34(17)9-18(27)28/h4-7,18,33H,1-2,8-9H2,3H3,(H,32,36). The molecule has 2 aromatic rings. The lowest BCUT2D eigenvalue weighted by molar-refractivity contribution is -0.137. The Kier molecular flexibility index (Phi) is 6.09. The minimum absolute atomic E-state index is 0.00896. The van der Waals surface area contributed by atoms with Crippen molar-refractivity contribution in [2.24, 2.45) is 0 Å². The maximum Gasteiger partial charge on any atom is 0.416 e. The first-order valence-electron chi connectivity index (χ1n) is 10.5. The summed E-state index contributed by atoms with van der Waals surface area (Å²) in [7, 11) is 12.2. The number of carbonyl (C=O) groups excluding carboxylic acids is 1. The number of amides is 1. The molecule has 36 heavy (non-hydrogen) atoms. The van der Waals surface area contributed by atoms with Gasteiger partial charge in [0.25, 0.3) is 12.3 Å². The Labute approximate surface area is 205 Å². The molecule has 4 rings (SSSR count). The highest BCUT2D eigenvalue weighted by atomic mass is 19.4. The van der Waals surface area contributed by atoms with Gasteiger partial charge in [-0.15, -0.1) is 0 Å². The summed E-state index contributed by atoms with van der Waals surface area (Å²) in [4.78, 5) is 15.2. The van der Waals surface area contributed by atoms with E-state index < -0.39 is 41.8 Å². The molecule has 0 unspecified atom stereocenters. The van der Waals surface area contributed by atoms with Crippen molar-refractivity contribution >= 4 is 44.4 Å². The third-order valence-corrected chi connectivity index (χ3v) is 5.79. The second-order valence-electron chi connectivity index (χ2n) is 8.64. The van der Waals surface area contributed by atoms with Crippen LogP contribution < -0.4 is 20.4 Å². The molecule has 0 saturated heterocycles. The van der Waals surface area contributed by atoms with E-state index >= 15 is 0 Å². The molecule has 4 radical (unpaired) electrons. The normalized spacial score (nSPS) is 15.3. The molecule has 2 aromatic carbocycles. The molecule has 13 heteroatoms. The third-order valence-electron chi connectivity index (χ3n) is 5.79. The van der Waals surface area contributed by atoms with Gasteiger partial charge in [-0.3, -0.25) is 4.79 Å². The molecular weight excluding hydrogens is 484 g/mol. The van der Waals surface area contributed by atoms with E-state index in [0.717, 1.165) is 17.0 Å². The number of benzene rings is 2. The summed E-state index contributed by atoms with van der Waals surface area (Å²) < 4.78 is 80.3. The highest BCUT2D eigenvalue weighted by molar-refractivity contribution is 6.42. The molecule has 2 heterocycles. The fraction of sp³-hybridized carbons (Fsp3) is 0.261. The first kappa shape index (κ1) is 25.6. The minimum atomic E-state index is -4.79. The van der Waals surface area contributed by atoms with Gasteiger partial charge in [0.15, 0.2) is 0 Å². The molecule has 2 aliphatic rings. The van der Waals surface area contributed by atoms with Crippen LogP contribution in [0.2, 0.25) is 0 Å². The summed E-state index contributed by atoms with van der Waals surface area (Å²) in [5, 5.41) is 3.82. The molecule has 0 saturated carbocycles. The zero-order valence-electron chi connectivity index (χ0n) is 18.9. The predicted octanol–water partition coefficient (Wildman–Crippen LogP) is 4.54. The number of fused-ring (bicyclic) bond motifs is 3. The van der Waals surface area contributed by atoms with E-state index in [0.29, 0.717) is 11.6 Å². The summed E-state index contributed by atoms with van der Waals surface area (Å²) in [6, 6.07) is 3.35. The molecule has 0 bridgehead atoms. The fourth-order valence-electron chi connectivity index (χ4n) is 4.34. The van der Waals surface area contributed by atoms with Crippen molar-refractivity contribution < 1.29 is 31.1 Å². The fourth-order valence-corrected chi connectivity index (χ4v) is 4.34. The van der Waals surface area contributed by atoms with Gasteiger partial charge in [0, 0.05) is 29.1 Å². The van der Waals surface area contributed by atoms with Gasteiger partial charge in [-0.05, 0) is 29.6 Å². The van der Waals surface area contributed by atoms with Crippen molar-refractivity contribution in [2.75, 3.05) is 21.7 Å². The summed E-state index contributed by atoms with van der Waals surface area (Å²) in [6.45, 7) is 8.15. The van der Waals surface area contributed by atoms with E-state index in [1.165, 1.54) is 17.9 Å². The van der Waals surface area contributed by atoms with Crippen LogP contribution in [0, 0.1) is 5.82 Å². The van der Waals surface area contributed by atoms with Gasteiger partial charge in [0.2, 0.25) is 0 Å². The van der Waals surface area contributed by atoms with Gasteiger partial charge in [-0.25, -0.2) is 13.2 Å². The van der Waals surface area contributed by atoms with E-state index in [4.69, 9.17) is 15.7 Å². The zero-order valence-corrected chi connectivity index (χ0v) is 18.9. The van der Waals surface area contributed by atoms with Gasteiger partial charge in [-0.1, -0.05) is 20.1 Å². The molecule has 1 amide bonds. The van der Waals surface area contributed by atoms with Gasteiger partial charge in [0.05, 0.1) is 44.7 Å². The van der Waals surface area contributed by atoms with Crippen molar-refractivity contribution in [3.8, 4) is 0 Å². The van der Waals surface area contributed by atoms with Gasteiger partial charge < -0.3 is 20.4 Å². The van der Waals surface area contributed by atoms with E-state index in [1.54, 1.807) is 0 Å². The van der Waals surface area contributed by atoms with Crippen molar-refractivity contribution in [1.29, 1.82) is 0 Å². The zero-order chi connectivity index (χ0) is 26.7. The number of anilines is 3. The highest BCUT2D eigenvalue weighted by Crippen LogP contribution is 2.50. The minimum Gasteiger partial charge on any atom is -0.355 e. The van der Waals surface area contributed by atoms with Gasteiger partial charge in [-0.2, -0.15) is 13.2 Å². The first-order chi connectivity index (χ1) is 16.6. The third kappa shape index (κ3) is 4.42. The average Bonchev–Trinajstić information content (AvgIpc) is 3.25. The van der Waals surface area contributed by atoms with Crippen LogP contribution in [0.15, 0.2) is 43.2 Å². The van der Waals surface area contributed by atoms with Gasteiger partial charge >= 0.3 is 6.18 Å².